The zero-order valence-corrected chi connectivity index (χ0v) is 8.92. The molecule has 2 aliphatic heterocycles. The molecule has 2 fully saturated rings. The number of ether oxygens (including phenoxy) is 2. The number of allylic oxidation sites excluding steroid dienone is 1. The lowest BCUT2D eigenvalue weighted by molar-refractivity contribution is -0.146. The number of esters is 1. The van der Waals surface area contributed by atoms with Gasteiger partial charge in [0.05, 0.1) is 12.0 Å². The third kappa shape index (κ3) is 1.79. The van der Waals surface area contributed by atoms with Gasteiger partial charge in [0.1, 0.15) is 18.3 Å². The summed E-state index contributed by atoms with van der Waals surface area (Å²) >= 11 is 0. The first-order valence-corrected chi connectivity index (χ1v) is 5.30. The van der Waals surface area contributed by atoms with Gasteiger partial charge in [0, 0.05) is 0 Å². The lowest BCUT2D eigenvalue weighted by Crippen LogP contribution is -2.45. The molecule has 0 bridgehead atoms. The molecule has 0 aromatic heterocycles. The van der Waals surface area contributed by atoms with Crippen molar-refractivity contribution in [3.05, 3.63) is 12.2 Å². The van der Waals surface area contributed by atoms with Gasteiger partial charge in [-0.1, -0.05) is 12.2 Å². The van der Waals surface area contributed by atoms with Crippen LogP contribution in [0.15, 0.2) is 12.2 Å². The van der Waals surface area contributed by atoms with Crippen LogP contribution in [0, 0.1) is 5.92 Å². The SMILES string of the molecule is C/C=C/[C@@H]1O[C@@H]2[C@H](C)OC(=O)[C@@H]2C[C@H]1O. The van der Waals surface area contributed by atoms with Gasteiger partial charge in [0.15, 0.2) is 0 Å². The van der Waals surface area contributed by atoms with E-state index in [2.05, 4.69) is 0 Å². The van der Waals surface area contributed by atoms with E-state index >= 15 is 0 Å². The molecule has 0 unspecified atom stereocenters. The second-order valence-corrected chi connectivity index (χ2v) is 4.14. The Morgan fingerprint density at radius 3 is 2.93 bits per heavy atom. The topological polar surface area (TPSA) is 55.8 Å². The highest BCUT2D eigenvalue weighted by molar-refractivity contribution is 5.76. The van der Waals surface area contributed by atoms with E-state index in [9.17, 15) is 9.90 Å². The Hall–Kier alpha value is -0.870. The van der Waals surface area contributed by atoms with E-state index in [1.54, 1.807) is 0 Å². The zero-order chi connectivity index (χ0) is 11.0. The highest BCUT2D eigenvalue weighted by atomic mass is 16.6. The summed E-state index contributed by atoms with van der Waals surface area (Å²) in [7, 11) is 0. The van der Waals surface area contributed by atoms with E-state index in [1.165, 1.54) is 0 Å². The van der Waals surface area contributed by atoms with Gasteiger partial charge >= 0.3 is 5.97 Å². The van der Waals surface area contributed by atoms with Crippen molar-refractivity contribution in [2.75, 3.05) is 0 Å². The molecule has 2 aliphatic rings. The molecule has 0 saturated carbocycles. The minimum atomic E-state index is -0.611. The van der Waals surface area contributed by atoms with Gasteiger partial charge in [-0.2, -0.15) is 0 Å². The zero-order valence-electron chi connectivity index (χ0n) is 8.92. The molecular weight excluding hydrogens is 196 g/mol. The summed E-state index contributed by atoms with van der Waals surface area (Å²) in [6, 6.07) is 0. The van der Waals surface area contributed by atoms with Gasteiger partial charge in [-0.3, -0.25) is 4.79 Å². The third-order valence-electron chi connectivity index (χ3n) is 3.04. The van der Waals surface area contributed by atoms with Crippen LogP contribution in [0.2, 0.25) is 0 Å². The summed E-state index contributed by atoms with van der Waals surface area (Å²) in [6.07, 6.45) is 2.76. The summed E-state index contributed by atoms with van der Waals surface area (Å²) < 4.78 is 10.7. The van der Waals surface area contributed by atoms with Crippen LogP contribution in [0.1, 0.15) is 20.3 Å². The molecule has 0 aromatic carbocycles. The molecule has 5 atom stereocenters. The molecule has 2 heterocycles. The molecule has 0 amide bonds. The molecule has 0 aliphatic carbocycles. The Balaban J connectivity index is 2.13. The number of aliphatic hydroxyl groups is 1. The molecule has 0 spiro atoms. The smallest absolute Gasteiger partial charge is 0.312 e. The number of hydrogen-bond acceptors (Lipinski definition) is 4. The van der Waals surface area contributed by atoms with Gasteiger partial charge in [-0.15, -0.1) is 0 Å². The number of carbonyl (C=O) groups excluding carboxylic acids is 1. The highest BCUT2D eigenvalue weighted by Crippen LogP contribution is 2.35. The van der Waals surface area contributed by atoms with Gasteiger partial charge < -0.3 is 14.6 Å². The van der Waals surface area contributed by atoms with Crippen LogP contribution >= 0.6 is 0 Å². The fourth-order valence-electron chi connectivity index (χ4n) is 2.26. The van der Waals surface area contributed by atoms with Gasteiger partial charge in [-0.25, -0.2) is 0 Å². The first-order valence-electron chi connectivity index (χ1n) is 5.30. The number of fused-ring (bicyclic) bond motifs is 1. The largest absolute Gasteiger partial charge is 0.460 e. The van der Waals surface area contributed by atoms with Crippen LogP contribution in [0.5, 0.6) is 0 Å². The van der Waals surface area contributed by atoms with E-state index in [1.807, 2.05) is 26.0 Å². The molecule has 2 saturated heterocycles. The second kappa shape index (κ2) is 3.94. The van der Waals surface area contributed by atoms with Crippen molar-refractivity contribution in [1.82, 2.24) is 0 Å². The molecule has 4 heteroatoms. The maximum atomic E-state index is 11.4. The second-order valence-electron chi connectivity index (χ2n) is 4.14. The fraction of sp³-hybridized carbons (Fsp3) is 0.727. The summed E-state index contributed by atoms with van der Waals surface area (Å²) in [5.41, 5.74) is 0. The quantitative estimate of drug-likeness (QED) is 0.512. The number of rotatable bonds is 1. The summed E-state index contributed by atoms with van der Waals surface area (Å²) in [5.74, 6) is -0.540. The van der Waals surface area contributed by atoms with Crippen LogP contribution in [0.25, 0.3) is 0 Å². The summed E-state index contributed by atoms with van der Waals surface area (Å²) in [6.45, 7) is 3.70. The normalized spacial score (nSPS) is 45.5. The van der Waals surface area contributed by atoms with E-state index < -0.39 is 6.10 Å². The number of aliphatic hydroxyl groups excluding tert-OH is 1. The van der Waals surface area contributed by atoms with Crippen molar-refractivity contribution >= 4 is 5.97 Å². The predicted octanol–water partition coefficient (Wildman–Crippen LogP) is 0.642. The molecule has 15 heavy (non-hydrogen) atoms. The molecule has 0 aromatic rings. The Bertz CT molecular complexity index is 286. The molecular formula is C11H16O4. The van der Waals surface area contributed by atoms with Crippen LogP contribution in [0.4, 0.5) is 0 Å². The van der Waals surface area contributed by atoms with Crippen molar-refractivity contribution in [3.8, 4) is 0 Å². The average molecular weight is 212 g/mol. The Kier molecular flexibility index (Phi) is 2.80. The molecule has 0 radical (unpaired) electrons. The Morgan fingerprint density at radius 1 is 1.53 bits per heavy atom. The van der Waals surface area contributed by atoms with Crippen molar-refractivity contribution < 1.29 is 19.4 Å². The minimum absolute atomic E-state index is 0.206. The van der Waals surface area contributed by atoms with E-state index in [4.69, 9.17) is 9.47 Å². The Morgan fingerprint density at radius 2 is 2.27 bits per heavy atom. The third-order valence-corrected chi connectivity index (χ3v) is 3.04. The first-order chi connectivity index (χ1) is 7.13. The van der Waals surface area contributed by atoms with E-state index in [0.717, 1.165) is 0 Å². The molecule has 1 N–H and O–H groups in total. The summed E-state index contributed by atoms with van der Waals surface area (Å²) in [5, 5.41) is 9.77. The van der Waals surface area contributed by atoms with Gasteiger partial charge in [-0.05, 0) is 20.3 Å². The average Bonchev–Trinajstić information content (AvgIpc) is 2.44. The highest BCUT2D eigenvalue weighted by Gasteiger charge is 2.49. The first kappa shape index (κ1) is 10.6. The van der Waals surface area contributed by atoms with Crippen LogP contribution in [-0.2, 0) is 14.3 Å². The van der Waals surface area contributed by atoms with Crippen molar-refractivity contribution in [2.24, 2.45) is 5.92 Å². The van der Waals surface area contributed by atoms with Crippen LogP contribution in [0.3, 0.4) is 0 Å². The Labute approximate surface area is 88.9 Å². The minimum Gasteiger partial charge on any atom is -0.460 e. The van der Waals surface area contributed by atoms with E-state index in [0.29, 0.717) is 6.42 Å². The fourth-order valence-corrected chi connectivity index (χ4v) is 2.26. The van der Waals surface area contributed by atoms with Crippen molar-refractivity contribution in [2.45, 2.75) is 44.7 Å². The number of carbonyl (C=O) groups is 1. The maximum Gasteiger partial charge on any atom is 0.312 e. The lowest BCUT2D eigenvalue weighted by atomic mass is 9.89. The summed E-state index contributed by atoms with van der Waals surface area (Å²) in [4.78, 5) is 11.4. The number of hydrogen-bond donors (Lipinski definition) is 1. The maximum absolute atomic E-state index is 11.4. The molecule has 2 rings (SSSR count). The molecule has 84 valence electrons. The standard InChI is InChI=1S/C11H16O4/c1-3-4-9-8(12)5-7-10(15-9)6(2)14-11(7)13/h3-4,6-10,12H,5H2,1-2H3/b4-3+/t6-,7+,8+,9-,10+/m0/s1. The van der Waals surface area contributed by atoms with Gasteiger partial charge in [0.2, 0.25) is 0 Å². The van der Waals surface area contributed by atoms with Crippen molar-refractivity contribution in [3.63, 3.8) is 0 Å². The number of cyclic esters (lactones) is 1. The lowest BCUT2D eigenvalue weighted by Gasteiger charge is -2.33. The van der Waals surface area contributed by atoms with E-state index in [-0.39, 0.29) is 30.2 Å². The predicted molar refractivity (Wildman–Crippen MR) is 53.1 cm³/mol. The van der Waals surface area contributed by atoms with Gasteiger partial charge in [0.25, 0.3) is 0 Å². The van der Waals surface area contributed by atoms with Crippen LogP contribution in [-0.4, -0.2) is 35.5 Å². The van der Waals surface area contributed by atoms with Crippen LogP contribution < -0.4 is 0 Å². The monoisotopic (exact) mass is 212 g/mol. The molecule has 4 nitrogen and oxygen atoms in total. The van der Waals surface area contributed by atoms with Crippen molar-refractivity contribution in [1.29, 1.82) is 0 Å².